The van der Waals surface area contributed by atoms with Gasteiger partial charge in [0.25, 0.3) is 0 Å². The Morgan fingerprint density at radius 3 is 1.50 bits per heavy atom. The first-order valence-electron chi connectivity index (χ1n) is 4.39. The highest BCUT2D eigenvalue weighted by atomic mass is 32.2. The van der Waals surface area contributed by atoms with Gasteiger partial charge < -0.3 is 0 Å². The van der Waals surface area contributed by atoms with Crippen LogP contribution in [0.2, 0.25) is 0 Å². The van der Waals surface area contributed by atoms with Crippen LogP contribution in [0.4, 0.5) is 0 Å². The topological polar surface area (TPSA) is 47.6 Å². The van der Waals surface area contributed by atoms with E-state index in [-0.39, 0.29) is 5.57 Å². The molecule has 0 aliphatic rings. The highest BCUT2D eigenvalue weighted by Crippen LogP contribution is 2.36. The maximum atomic E-state index is 8.77. The van der Waals surface area contributed by atoms with Crippen LogP contribution in [0.5, 0.6) is 0 Å². The summed E-state index contributed by atoms with van der Waals surface area (Å²) in [5.41, 5.74) is 0.238. The van der Waals surface area contributed by atoms with Gasteiger partial charge in [0.15, 0.2) is 0 Å². The second-order valence-corrected chi connectivity index (χ2v) is 6.65. The van der Waals surface area contributed by atoms with Crippen molar-refractivity contribution in [2.24, 2.45) is 0 Å². The zero-order valence-corrected chi connectivity index (χ0v) is 10.5. The van der Waals surface area contributed by atoms with Crippen molar-refractivity contribution in [2.45, 2.75) is 38.2 Å². The minimum atomic E-state index is 0.238. The molecule has 0 aliphatic heterocycles. The van der Waals surface area contributed by atoms with Gasteiger partial charge in [0.2, 0.25) is 0 Å². The van der Waals surface area contributed by atoms with E-state index in [1.165, 1.54) is 0 Å². The molecule has 76 valence electrons. The van der Waals surface area contributed by atoms with E-state index < -0.39 is 0 Å². The molecule has 0 radical (unpaired) electrons. The average molecular weight is 226 g/mol. The molecule has 0 unspecified atom stereocenters. The van der Waals surface area contributed by atoms with Crippen LogP contribution in [0.1, 0.15) is 27.7 Å². The van der Waals surface area contributed by atoms with Gasteiger partial charge in [-0.05, 0) is 0 Å². The van der Waals surface area contributed by atoms with E-state index >= 15 is 0 Å². The van der Waals surface area contributed by atoms with E-state index in [2.05, 4.69) is 27.7 Å². The molecule has 0 spiro atoms. The van der Waals surface area contributed by atoms with Gasteiger partial charge >= 0.3 is 0 Å². The van der Waals surface area contributed by atoms with E-state index in [4.69, 9.17) is 10.5 Å². The molecule has 0 saturated heterocycles. The standard InChI is InChI=1S/C10H14N2S2/c1-7(2)13-10(14-8(3)4)9(5-11)6-12/h7-8H,1-4H3. The van der Waals surface area contributed by atoms with Gasteiger partial charge in [0.05, 0.1) is 4.24 Å². The molecule has 0 aromatic heterocycles. The van der Waals surface area contributed by atoms with Crippen molar-refractivity contribution in [2.75, 3.05) is 0 Å². The number of allylic oxidation sites excluding steroid dienone is 1. The first-order valence-corrected chi connectivity index (χ1v) is 6.15. The lowest BCUT2D eigenvalue weighted by Crippen LogP contribution is -1.93. The number of nitrogens with zero attached hydrogens (tertiary/aromatic N) is 2. The number of nitriles is 2. The maximum Gasteiger partial charge on any atom is 0.149 e. The molecule has 0 amide bonds. The van der Waals surface area contributed by atoms with Gasteiger partial charge in [-0.3, -0.25) is 0 Å². The first kappa shape index (κ1) is 13.4. The van der Waals surface area contributed by atoms with Crippen LogP contribution in [-0.4, -0.2) is 10.5 Å². The molecule has 14 heavy (non-hydrogen) atoms. The lowest BCUT2D eigenvalue weighted by atomic mass is 10.4. The number of rotatable bonds is 4. The fourth-order valence-electron chi connectivity index (χ4n) is 0.690. The van der Waals surface area contributed by atoms with E-state index in [1.807, 2.05) is 12.1 Å². The van der Waals surface area contributed by atoms with Gasteiger partial charge in [-0.25, -0.2) is 0 Å². The Balaban J connectivity index is 4.81. The molecule has 0 bridgehead atoms. The van der Waals surface area contributed by atoms with Gasteiger partial charge in [-0.15, -0.1) is 23.5 Å². The number of hydrogen-bond donors (Lipinski definition) is 0. The molecule has 2 nitrogen and oxygen atoms in total. The Morgan fingerprint density at radius 2 is 1.29 bits per heavy atom. The molecule has 0 rings (SSSR count). The highest BCUT2D eigenvalue weighted by molar-refractivity contribution is 8.22. The first-order chi connectivity index (χ1) is 6.51. The molecule has 4 heteroatoms. The van der Waals surface area contributed by atoms with Gasteiger partial charge in [0.1, 0.15) is 17.7 Å². The molecule has 0 aromatic rings. The summed E-state index contributed by atoms with van der Waals surface area (Å²) in [4.78, 5) is 0. The highest BCUT2D eigenvalue weighted by Gasteiger charge is 2.11. The monoisotopic (exact) mass is 226 g/mol. The summed E-state index contributed by atoms with van der Waals surface area (Å²) in [5.74, 6) is 0. The lowest BCUT2D eigenvalue weighted by Gasteiger charge is -2.11. The van der Waals surface area contributed by atoms with Crippen molar-refractivity contribution in [3.05, 3.63) is 9.81 Å². The van der Waals surface area contributed by atoms with E-state index in [9.17, 15) is 0 Å². The number of thioether (sulfide) groups is 2. The molecule has 0 atom stereocenters. The fraction of sp³-hybridized carbons (Fsp3) is 0.600. The lowest BCUT2D eigenvalue weighted by molar-refractivity contribution is 1.11. The smallest absolute Gasteiger partial charge is 0.149 e. The third-order valence-corrected chi connectivity index (χ3v) is 3.47. The summed E-state index contributed by atoms with van der Waals surface area (Å²) >= 11 is 3.17. The summed E-state index contributed by atoms with van der Waals surface area (Å²) in [6.45, 7) is 8.21. The zero-order chi connectivity index (χ0) is 11.1. The molecule has 0 aliphatic carbocycles. The van der Waals surface area contributed by atoms with E-state index in [0.717, 1.165) is 4.24 Å². The predicted molar refractivity (Wildman–Crippen MR) is 63.7 cm³/mol. The van der Waals surface area contributed by atoms with Crippen LogP contribution in [-0.2, 0) is 0 Å². The SMILES string of the molecule is CC(C)SC(SC(C)C)=C(C#N)C#N. The van der Waals surface area contributed by atoms with Gasteiger partial charge in [-0.2, -0.15) is 10.5 Å². The van der Waals surface area contributed by atoms with Crippen molar-refractivity contribution in [1.82, 2.24) is 0 Å². The van der Waals surface area contributed by atoms with Crippen LogP contribution in [0.15, 0.2) is 9.81 Å². The van der Waals surface area contributed by atoms with Crippen molar-refractivity contribution in [3.63, 3.8) is 0 Å². The molecular weight excluding hydrogens is 212 g/mol. The average Bonchev–Trinajstić information content (AvgIpc) is 2.03. The minimum Gasteiger partial charge on any atom is -0.192 e. The van der Waals surface area contributed by atoms with Crippen molar-refractivity contribution >= 4 is 23.5 Å². The Morgan fingerprint density at radius 1 is 0.929 bits per heavy atom. The van der Waals surface area contributed by atoms with Crippen LogP contribution in [0.3, 0.4) is 0 Å². The van der Waals surface area contributed by atoms with Crippen LogP contribution in [0.25, 0.3) is 0 Å². The van der Waals surface area contributed by atoms with E-state index in [1.54, 1.807) is 23.5 Å². The maximum absolute atomic E-state index is 8.77. The third kappa shape index (κ3) is 5.21. The third-order valence-electron chi connectivity index (χ3n) is 1.11. The largest absolute Gasteiger partial charge is 0.192 e. The minimum absolute atomic E-state index is 0.238. The number of hydrogen-bond acceptors (Lipinski definition) is 4. The Kier molecular flexibility index (Phi) is 6.53. The zero-order valence-electron chi connectivity index (χ0n) is 8.87. The van der Waals surface area contributed by atoms with Crippen molar-refractivity contribution in [3.8, 4) is 12.1 Å². The summed E-state index contributed by atoms with van der Waals surface area (Å²) in [6, 6.07) is 3.88. The van der Waals surface area contributed by atoms with Gasteiger partial charge in [-0.1, -0.05) is 27.7 Å². The molecule has 0 saturated carbocycles. The summed E-state index contributed by atoms with van der Waals surface area (Å²) in [6.07, 6.45) is 0. The van der Waals surface area contributed by atoms with E-state index in [0.29, 0.717) is 10.5 Å². The van der Waals surface area contributed by atoms with Crippen LogP contribution in [0, 0.1) is 22.7 Å². The van der Waals surface area contributed by atoms with Crippen LogP contribution >= 0.6 is 23.5 Å². The Hall–Kier alpha value is -0.580. The second-order valence-electron chi connectivity index (χ2n) is 3.22. The fourth-order valence-corrected chi connectivity index (χ4v) is 3.34. The summed E-state index contributed by atoms with van der Waals surface area (Å²) in [7, 11) is 0. The van der Waals surface area contributed by atoms with Crippen molar-refractivity contribution in [1.29, 1.82) is 10.5 Å². The molecule has 0 aromatic carbocycles. The van der Waals surface area contributed by atoms with Crippen LogP contribution < -0.4 is 0 Å². The quantitative estimate of drug-likeness (QED) is 0.688. The summed E-state index contributed by atoms with van der Waals surface area (Å²) in [5, 5.41) is 18.3. The molecule has 0 N–H and O–H groups in total. The normalized spacial score (nSPS) is 9.71. The Labute approximate surface area is 94.4 Å². The Bertz CT molecular complexity index is 264. The molecule has 0 fully saturated rings. The predicted octanol–water partition coefficient (Wildman–Crippen LogP) is 3.53. The van der Waals surface area contributed by atoms with Gasteiger partial charge in [0, 0.05) is 10.5 Å². The summed E-state index contributed by atoms with van der Waals surface area (Å²) < 4.78 is 0.847. The molecular formula is C10H14N2S2. The van der Waals surface area contributed by atoms with Crippen molar-refractivity contribution < 1.29 is 0 Å². The second kappa shape index (κ2) is 6.81. The molecule has 0 heterocycles.